The van der Waals surface area contributed by atoms with Crippen molar-refractivity contribution in [2.75, 3.05) is 31.6 Å². The molecule has 0 saturated carbocycles. The lowest BCUT2D eigenvalue weighted by Gasteiger charge is -2.18. The van der Waals surface area contributed by atoms with Gasteiger partial charge in [0, 0.05) is 30.2 Å². The maximum Gasteiger partial charge on any atom is 0.276 e. The number of carbonyl (C=O) groups excluding carboxylic acids is 1. The second-order valence-electron chi connectivity index (χ2n) is 8.12. The first-order valence-electron chi connectivity index (χ1n) is 11.4. The Hall–Kier alpha value is -3.19. The Bertz CT molecular complexity index is 1140. The molecular formula is C25H30N4O3. The van der Waals surface area contributed by atoms with Crippen molar-refractivity contribution in [2.24, 2.45) is 0 Å². The summed E-state index contributed by atoms with van der Waals surface area (Å²) in [5.41, 5.74) is 2.13. The molecule has 32 heavy (non-hydrogen) atoms. The molecular weight excluding hydrogens is 404 g/mol. The molecule has 168 valence electrons. The molecule has 1 aliphatic heterocycles. The highest BCUT2D eigenvalue weighted by Crippen LogP contribution is 2.34. The monoisotopic (exact) mass is 434 g/mol. The van der Waals surface area contributed by atoms with E-state index in [4.69, 9.17) is 4.74 Å². The summed E-state index contributed by atoms with van der Waals surface area (Å²) in [6.45, 7) is 6.42. The zero-order chi connectivity index (χ0) is 22.3. The minimum absolute atomic E-state index is 0.243. The fourth-order valence-corrected chi connectivity index (χ4v) is 4.34. The standard InChI is InChI=1S/C25H30N4O3/c1-2-3-14-29-24-21(10-7-11-26-24)22(23(25(29)31)27-18-30)19-8-6-9-20(17-19)32-16-15-28-12-4-5-13-28/h6-11,17-18H,2-5,12-16H2,1H3,(H,27,30). The summed E-state index contributed by atoms with van der Waals surface area (Å²) < 4.78 is 7.68. The van der Waals surface area contributed by atoms with Crippen LogP contribution in [0.2, 0.25) is 0 Å². The van der Waals surface area contributed by atoms with Gasteiger partial charge in [-0.3, -0.25) is 19.1 Å². The van der Waals surface area contributed by atoms with Crippen molar-refractivity contribution in [3.8, 4) is 16.9 Å². The molecule has 3 aromatic rings. The van der Waals surface area contributed by atoms with Crippen LogP contribution >= 0.6 is 0 Å². The van der Waals surface area contributed by atoms with E-state index in [1.165, 1.54) is 12.8 Å². The molecule has 0 atom stereocenters. The quantitative estimate of drug-likeness (QED) is 0.490. The molecule has 2 aromatic heterocycles. The van der Waals surface area contributed by atoms with E-state index in [1.807, 2.05) is 36.4 Å². The van der Waals surface area contributed by atoms with Gasteiger partial charge in [-0.15, -0.1) is 0 Å². The molecule has 1 N–H and O–H groups in total. The molecule has 0 radical (unpaired) electrons. The topological polar surface area (TPSA) is 76.5 Å². The van der Waals surface area contributed by atoms with Crippen LogP contribution in [0.4, 0.5) is 5.69 Å². The molecule has 4 rings (SSSR count). The van der Waals surface area contributed by atoms with Crippen LogP contribution in [0, 0.1) is 0 Å². The van der Waals surface area contributed by atoms with Crippen molar-refractivity contribution in [1.82, 2.24) is 14.5 Å². The third-order valence-corrected chi connectivity index (χ3v) is 5.96. The van der Waals surface area contributed by atoms with Gasteiger partial charge < -0.3 is 10.1 Å². The number of likely N-dealkylation sites (tertiary alicyclic amines) is 1. The third kappa shape index (κ3) is 4.67. The number of rotatable bonds is 10. The molecule has 3 heterocycles. The van der Waals surface area contributed by atoms with Gasteiger partial charge in [0.1, 0.15) is 23.7 Å². The average Bonchev–Trinajstić information content (AvgIpc) is 3.33. The van der Waals surface area contributed by atoms with E-state index >= 15 is 0 Å². The van der Waals surface area contributed by atoms with E-state index in [1.54, 1.807) is 10.8 Å². The highest BCUT2D eigenvalue weighted by atomic mass is 16.5. The number of ether oxygens (including phenoxy) is 1. The van der Waals surface area contributed by atoms with Gasteiger partial charge in [-0.05, 0) is 62.2 Å². The first kappa shape index (κ1) is 22.0. The van der Waals surface area contributed by atoms with Gasteiger partial charge >= 0.3 is 0 Å². The predicted octanol–water partition coefficient (Wildman–Crippen LogP) is 3.91. The molecule has 7 heteroatoms. The predicted molar refractivity (Wildman–Crippen MR) is 127 cm³/mol. The number of aryl methyl sites for hydroxylation is 1. The van der Waals surface area contributed by atoms with Crippen molar-refractivity contribution < 1.29 is 9.53 Å². The number of hydrogen-bond acceptors (Lipinski definition) is 5. The van der Waals surface area contributed by atoms with Gasteiger partial charge in [0.2, 0.25) is 6.41 Å². The lowest BCUT2D eigenvalue weighted by atomic mass is 10.00. The molecule has 1 fully saturated rings. The fraction of sp³-hybridized carbons (Fsp3) is 0.400. The second-order valence-corrected chi connectivity index (χ2v) is 8.12. The summed E-state index contributed by atoms with van der Waals surface area (Å²) in [6, 6.07) is 11.5. The Balaban J connectivity index is 1.74. The summed E-state index contributed by atoms with van der Waals surface area (Å²) in [6.07, 6.45) is 6.57. The fourth-order valence-electron chi connectivity index (χ4n) is 4.34. The molecule has 1 saturated heterocycles. The second kappa shape index (κ2) is 10.4. The zero-order valence-corrected chi connectivity index (χ0v) is 18.5. The van der Waals surface area contributed by atoms with Crippen LogP contribution in [0.1, 0.15) is 32.6 Å². The Labute approximate surface area is 188 Å². The largest absolute Gasteiger partial charge is 0.492 e. The van der Waals surface area contributed by atoms with Crippen molar-refractivity contribution >= 4 is 23.1 Å². The number of nitrogens with zero attached hydrogens (tertiary/aromatic N) is 3. The number of fused-ring (bicyclic) bond motifs is 1. The smallest absolute Gasteiger partial charge is 0.276 e. The molecule has 7 nitrogen and oxygen atoms in total. The molecule has 0 bridgehead atoms. The number of carbonyl (C=O) groups is 1. The summed E-state index contributed by atoms with van der Waals surface area (Å²) in [5, 5.41) is 3.48. The minimum atomic E-state index is -0.243. The van der Waals surface area contributed by atoms with Crippen LogP contribution < -0.4 is 15.6 Å². The first-order valence-corrected chi connectivity index (χ1v) is 11.4. The van der Waals surface area contributed by atoms with E-state index in [0.29, 0.717) is 30.8 Å². The molecule has 1 amide bonds. The summed E-state index contributed by atoms with van der Waals surface area (Å²) in [5.74, 6) is 0.742. The van der Waals surface area contributed by atoms with E-state index in [0.717, 1.165) is 49.2 Å². The van der Waals surface area contributed by atoms with Gasteiger partial charge in [0.05, 0.1) is 0 Å². The number of unbranched alkanes of at least 4 members (excludes halogenated alkanes) is 1. The Morgan fingerprint density at radius 2 is 2.00 bits per heavy atom. The number of aromatic nitrogens is 2. The van der Waals surface area contributed by atoms with Crippen molar-refractivity contribution in [2.45, 2.75) is 39.2 Å². The molecule has 0 spiro atoms. The SMILES string of the molecule is CCCCn1c(=O)c(NC=O)c(-c2cccc(OCCN3CCCC3)c2)c2cccnc21. The van der Waals surface area contributed by atoms with Gasteiger partial charge in [-0.2, -0.15) is 0 Å². The van der Waals surface area contributed by atoms with Crippen LogP contribution in [0.5, 0.6) is 5.75 Å². The Morgan fingerprint density at radius 1 is 1.16 bits per heavy atom. The van der Waals surface area contributed by atoms with Gasteiger partial charge in [0.25, 0.3) is 5.56 Å². The van der Waals surface area contributed by atoms with Gasteiger partial charge in [-0.1, -0.05) is 25.5 Å². The minimum Gasteiger partial charge on any atom is -0.492 e. The van der Waals surface area contributed by atoms with Crippen LogP contribution in [0.3, 0.4) is 0 Å². The zero-order valence-electron chi connectivity index (χ0n) is 18.5. The van der Waals surface area contributed by atoms with E-state index in [2.05, 4.69) is 22.1 Å². The average molecular weight is 435 g/mol. The summed E-state index contributed by atoms with van der Waals surface area (Å²) >= 11 is 0. The summed E-state index contributed by atoms with van der Waals surface area (Å²) in [7, 11) is 0. The van der Waals surface area contributed by atoms with Crippen molar-refractivity contribution in [1.29, 1.82) is 0 Å². The number of amides is 1. The molecule has 0 unspecified atom stereocenters. The number of benzene rings is 1. The third-order valence-electron chi connectivity index (χ3n) is 5.96. The number of pyridine rings is 2. The Morgan fingerprint density at radius 3 is 2.78 bits per heavy atom. The van der Waals surface area contributed by atoms with E-state index < -0.39 is 0 Å². The molecule has 1 aliphatic rings. The van der Waals surface area contributed by atoms with Crippen molar-refractivity contribution in [3.05, 3.63) is 52.9 Å². The van der Waals surface area contributed by atoms with Crippen LogP contribution in [-0.4, -0.2) is 47.1 Å². The lowest BCUT2D eigenvalue weighted by molar-refractivity contribution is -0.105. The number of hydrogen-bond donors (Lipinski definition) is 1. The maximum atomic E-state index is 13.3. The molecule has 1 aromatic carbocycles. The van der Waals surface area contributed by atoms with Crippen LogP contribution in [0.25, 0.3) is 22.2 Å². The lowest BCUT2D eigenvalue weighted by Crippen LogP contribution is -2.25. The first-order chi connectivity index (χ1) is 15.7. The Kier molecular flexibility index (Phi) is 7.17. The normalized spacial score (nSPS) is 14.0. The van der Waals surface area contributed by atoms with E-state index in [-0.39, 0.29) is 11.2 Å². The van der Waals surface area contributed by atoms with Crippen LogP contribution in [-0.2, 0) is 11.3 Å². The summed E-state index contributed by atoms with van der Waals surface area (Å²) in [4.78, 5) is 31.7. The maximum absolute atomic E-state index is 13.3. The highest BCUT2D eigenvalue weighted by molar-refractivity contribution is 6.01. The number of nitrogens with one attached hydrogen (secondary N) is 1. The van der Waals surface area contributed by atoms with Crippen LogP contribution in [0.15, 0.2) is 47.4 Å². The highest BCUT2D eigenvalue weighted by Gasteiger charge is 2.19. The molecule has 0 aliphatic carbocycles. The van der Waals surface area contributed by atoms with Gasteiger partial charge in [-0.25, -0.2) is 4.98 Å². The van der Waals surface area contributed by atoms with Gasteiger partial charge in [0.15, 0.2) is 0 Å². The number of anilines is 1. The van der Waals surface area contributed by atoms with Crippen molar-refractivity contribution in [3.63, 3.8) is 0 Å². The van der Waals surface area contributed by atoms with E-state index in [9.17, 15) is 9.59 Å².